The van der Waals surface area contributed by atoms with Gasteiger partial charge in [-0.05, 0) is 111 Å². The summed E-state index contributed by atoms with van der Waals surface area (Å²) in [6, 6.07) is 15.1. The van der Waals surface area contributed by atoms with Gasteiger partial charge in [-0.2, -0.15) is 0 Å². The summed E-state index contributed by atoms with van der Waals surface area (Å²) in [5, 5.41) is 13.1. The number of esters is 1. The molecule has 5 rings (SSSR count). The van der Waals surface area contributed by atoms with Gasteiger partial charge in [0, 0.05) is 16.5 Å². The Bertz CT molecular complexity index is 1810. The monoisotopic (exact) mass is 806 g/mol. The molecule has 1 heterocycles. The maximum Gasteiger partial charge on any atom is 0.338 e. The summed E-state index contributed by atoms with van der Waals surface area (Å²) in [5.41, 5.74) is 2.37. The number of aromatic hydroxyl groups is 1. The Kier molecular flexibility index (Phi) is 9.58. The van der Waals surface area contributed by atoms with Gasteiger partial charge in [0.15, 0.2) is 11.3 Å². The smallest absolute Gasteiger partial charge is 0.338 e. The van der Waals surface area contributed by atoms with Gasteiger partial charge >= 0.3 is 5.97 Å². The molecule has 5 nitrogen and oxygen atoms in total. The molecule has 0 spiro atoms. The standard InChI is InChI=1S/C32H26Br4O5/c1-2-3-4-5-6-9-12-40-32(39)20-14-18-11-8-7-10-17(18)13-19(20)25-21-15-23(33)28(37)26(35)30(21)41-31-22(25)16-24(34)29(38)27(31)36/h7-8,10-11,13-16,37H,2-6,9,12H2,1H3. The van der Waals surface area contributed by atoms with Crippen LogP contribution in [0.25, 0.3) is 44.2 Å². The maximum atomic E-state index is 13.7. The molecule has 3 aromatic rings. The molecule has 0 amide bonds. The van der Waals surface area contributed by atoms with Crippen molar-refractivity contribution in [2.24, 2.45) is 0 Å². The quantitative estimate of drug-likeness (QED) is 0.0912. The molecule has 212 valence electrons. The fourth-order valence-corrected chi connectivity index (χ4v) is 7.43. The highest BCUT2D eigenvalue weighted by Gasteiger charge is 2.28. The van der Waals surface area contributed by atoms with E-state index in [1.54, 1.807) is 12.1 Å². The first-order valence-electron chi connectivity index (χ1n) is 13.4. The second-order valence-corrected chi connectivity index (χ2v) is 13.2. The summed E-state index contributed by atoms with van der Waals surface area (Å²) < 4.78 is 13.4. The van der Waals surface area contributed by atoms with Crippen molar-refractivity contribution in [3.8, 4) is 28.2 Å². The zero-order chi connectivity index (χ0) is 29.3. The van der Waals surface area contributed by atoms with Crippen LogP contribution in [0.3, 0.4) is 0 Å². The molecule has 0 fully saturated rings. The Labute approximate surface area is 271 Å². The average molecular weight is 810 g/mol. The van der Waals surface area contributed by atoms with Crippen molar-refractivity contribution >= 4 is 91.4 Å². The normalized spacial score (nSPS) is 11.5. The Hall–Kier alpha value is -2.20. The van der Waals surface area contributed by atoms with E-state index in [-0.39, 0.29) is 15.7 Å². The Morgan fingerprint density at radius 3 is 2.27 bits per heavy atom. The van der Waals surface area contributed by atoms with Gasteiger partial charge in [0.1, 0.15) is 14.7 Å². The number of ether oxygens (including phenoxy) is 1. The number of benzene rings is 4. The number of phenolic OH excluding ortho intramolecular Hbond substituents is 1. The second kappa shape index (κ2) is 13.0. The highest BCUT2D eigenvalue weighted by atomic mass is 79.9. The third-order valence-electron chi connectivity index (χ3n) is 7.13. The van der Waals surface area contributed by atoms with Crippen molar-refractivity contribution in [2.75, 3.05) is 6.61 Å². The minimum absolute atomic E-state index is 0.0424. The molecule has 1 aliphatic heterocycles. The van der Waals surface area contributed by atoms with Gasteiger partial charge in [0.25, 0.3) is 0 Å². The van der Waals surface area contributed by atoms with E-state index < -0.39 is 5.97 Å². The predicted octanol–water partition coefficient (Wildman–Crippen LogP) is 11.0. The van der Waals surface area contributed by atoms with Crippen molar-refractivity contribution in [3.63, 3.8) is 0 Å². The number of carbonyl (C=O) groups excluding carboxylic acids is 1. The molecule has 0 aromatic heterocycles. The molecule has 1 N–H and O–H groups in total. The SMILES string of the molecule is CCCCCCCCOC(=O)c1cc2ccccc2cc1-c1c2cc(Br)c(=O)c(Br)c-2oc2c(Br)c(O)c(Br)cc12. The average Bonchev–Trinajstić information content (AvgIpc) is 2.97. The molecular formula is C32H26Br4O5. The molecule has 1 aliphatic carbocycles. The van der Waals surface area contributed by atoms with Gasteiger partial charge in [-0.1, -0.05) is 63.3 Å². The maximum absolute atomic E-state index is 13.7. The number of halogens is 4. The summed E-state index contributed by atoms with van der Waals surface area (Å²) in [7, 11) is 0. The number of rotatable bonds is 9. The van der Waals surface area contributed by atoms with Crippen LogP contribution in [-0.2, 0) is 4.74 Å². The zero-order valence-electron chi connectivity index (χ0n) is 22.2. The predicted molar refractivity (Wildman–Crippen MR) is 178 cm³/mol. The van der Waals surface area contributed by atoms with Gasteiger partial charge in [0.2, 0.25) is 5.43 Å². The van der Waals surface area contributed by atoms with Crippen molar-refractivity contribution in [2.45, 2.75) is 45.4 Å². The topological polar surface area (TPSA) is 76.7 Å². The molecule has 3 aromatic carbocycles. The van der Waals surface area contributed by atoms with Crippen molar-refractivity contribution in [1.29, 1.82) is 0 Å². The molecule has 2 aliphatic rings. The summed E-state index contributed by atoms with van der Waals surface area (Å²) >= 11 is 13.7. The van der Waals surface area contributed by atoms with E-state index in [0.29, 0.717) is 59.0 Å². The molecule has 0 bridgehead atoms. The van der Waals surface area contributed by atoms with Crippen molar-refractivity contribution in [3.05, 3.63) is 82.2 Å². The molecule has 41 heavy (non-hydrogen) atoms. The van der Waals surface area contributed by atoms with E-state index in [9.17, 15) is 14.7 Å². The van der Waals surface area contributed by atoms with Gasteiger partial charge in [-0.3, -0.25) is 4.79 Å². The third-order valence-corrected chi connectivity index (χ3v) is 9.78. The number of fused-ring (bicyclic) bond motifs is 3. The molecule has 0 unspecified atom stereocenters. The first kappa shape index (κ1) is 30.3. The lowest BCUT2D eigenvalue weighted by Gasteiger charge is -2.20. The Morgan fingerprint density at radius 2 is 1.54 bits per heavy atom. The van der Waals surface area contributed by atoms with Crippen LogP contribution in [-0.4, -0.2) is 17.7 Å². The lowest BCUT2D eigenvalue weighted by molar-refractivity contribution is 0.0499. The summed E-state index contributed by atoms with van der Waals surface area (Å²) in [6.07, 6.45) is 6.54. The Morgan fingerprint density at radius 1 is 0.854 bits per heavy atom. The number of hydrogen-bond donors (Lipinski definition) is 1. The van der Waals surface area contributed by atoms with E-state index in [1.165, 1.54) is 19.3 Å². The van der Waals surface area contributed by atoms with Crippen LogP contribution in [0.2, 0.25) is 0 Å². The molecule has 0 saturated carbocycles. The number of carbonyl (C=O) groups is 1. The molecule has 0 saturated heterocycles. The summed E-state index contributed by atoms with van der Waals surface area (Å²) in [5.74, 6) is -0.168. The molecule has 0 atom stereocenters. The third kappa shape index (κ3) is 6.01. The van der Waals surface area contributed by atoms with Crippen LogP contribution in [0, 0.1) is 0 Å². The van der Waals surface area contributed by atoms with Crippen LogP contribution in [0.5, 0.6) is 5.75 Å². The van der Waals surface area contributed by atoms with Crippen LogP contribution in [0.15, 0.2) is 75.6 Å². The minimum atomic E-state index is -0.420. The highest BCUT2D eigenvalue weighted by Crippen LogP contribution is 2.49. The summed E-state index contributed by atoms with van der Waals surface area (Å²) in [4.78, 5) is 26.5. The van der Waals surface area contributed by atoms with Gasteiger partial charge < -0.3 is 14.3 Å². The van der Waals surface area contributed by atoms with Crippen molar-refractivity contribution < 1.29 is 19.1 Å². The molecular weight excluding hydrogens is 784 g/mol. The van der Waals surface area contributed by atoms with E-state index >= 15 is 0 Å². The van der Waals surface area contributed by atoms with Crippen LogP contribution >= 0.6 is 63.7 Å². The summed E-state index contributed by atoms with van der Waals surface area (Å²) in [6.45, 7) is 2.53. The van der Waals surface area contributed by atoms with Crippen LogP contribution < -0.4 is 5.43 Å². The van der Waals surface area contributed by atoms with Crippen molar-refractivity contribution in [1.82, 2.24) is 0 Å². The molecule has 0 radical (unpaired) electrons. The first-order valence-corrected chi connectivity index (χ1v) is 16.6. The zero-order valence-corrected chi connectivity index (χ0v) is 28.5. The van der Waals surface area contributed by atoms with E-state index in [1.807, 2.05) is 36.4 Å². The lowest BCUT2D eigenvalue weighted by Crippen LogP contribution is -2.10. The van der Waals surface area contributed by atoms with E-state index in [4.69, 9.17) is 9.15 Å². The largest absolute Gasteiger partial charge is 0.505 e. The second-order valence-electron chi connectivity index (χ2n) is 9.90. The fourth-order valence-electron chi connectivity index (χ4n) is 5.02. The fraction of sp³-hybridized carbons (Fsp3) is 0.250. The van der Waals surface area contributed by atoms with Gasteiger partial charge in [-0.15, -0.1) is 0 Å². The minimum Gasteiger partial charge on any atom is -0.505 e. The van der Waals surface area contributed by atoms with E-state index in [0.717, 1.165) is 30.0 Å². The lowest BCUT2D eigenvalue weighted by atomic mass is 9.89. The number of hydrogen-bond acceptors (Lipinski definition) is 5. The van der Waals surface area contributed by atoms with Crippen LogP contribution in [0.1, 0.15) is 55.8 Å². The van der Waals surface area contributed by atoms with Gasteiger partial charge in [-0.25, -0.2) is 4.79 Å². The van der Waals surface area contributed by atoms with Gasteiger partial charge in [0.05, 0.1) is 21.1 Å². The van der Waals surface area contributed by atoms with Crippen LogP contribution in [0.4, 0.5) is 0 Å². The number of unbranched alkanes of at least 4 members (excludes halogenated alkanes) is 5. The first-order chi connectivity index (χ1) is 19.7. The molecule has 9 heteroatoms. The number of phenols is 1. The highest BCUT2D eigenvalue weighted by molar-refractivity contribution is 9.11. The van der Waals surface area contributed by atoms with E-state index in [2.05, 4.69) is 70.6 Å². The Balaban J connectivity index is 1.73.